The number of hydrogen-bond donors (Lipinski definition) is 2. The molecule has 1 aliphatic rings. The van der Waals surface area contributed by atoms with Gasteiger partial charge >= 0.3 is 0 Å². The zero-order valence-corrected chi connectivity index (χ0v) is 12.4. The van der Waals surface area contributed by atoms with E-state index in [2.05, 4.69) is 4.98 Å². The van der Waals surface area contributed by atoms with Crippen LogP contribution in [0.1, 0.15) is 49.7 Å². The second kappa shape index (κ2) is 5.40. The van der Waals surface area contributed by atoms with Crippen LogP contribution < -0.4 is 5.73 Å². The van der Waals surface area contributed by atoms with E-state index in [1.807, 2.05) is 26.8 Å². The third-order valence-corrected chi connectivity index (χ3v) is 3.61. The first-order valence-electron chi connectivity index (χ1n) is 7.03. The number of carbonyl (C=O) groups excluding carboxylic acids is 1. The van der Waals surface area contributed by atoms with Crippen LogP contribution >= 0.6 is 0 Å². The van der Waals surface area contributed by atoms with E-state index in [1.165, 1.54) is 0 Å². The van der Waals surface area contributed by atoms with Crippen molar-refractivity contribution in [1.29, 1.82) is 0 Å². The summed E-state index contributed by atoms with van der Waals surface area (Å²) in [6.45, 7) is 7.31. The van der Waals surface area contributed by atoms with Gasteiger partial charge in [0.15, 0.2) is 0 Å². The highest BCUT2D eigenvalue weighted by Crippen LogP contribution is 2.23. The lowest BCUT2D eigenvalue weighted by Gasteiger charge is -2.30. The van der Waals surface area contributed by atoms with Gasteiger partial charge in [0.1, 0.15) is 5.82 Å². The fraction of sp³-hybridized carbons (Fsp3) is 0.600. The van der Waals surface area contributed by atoms with Crippen LogP contribution in [0.3, 0.4) is 0 Å². The Hall–Kier alpha value is -1.62. The van der Waals surface area contributed by atoms with Gasteiger partial charge in [0.25, 0.3) is 5.91 Å². The van der Waals surface area contributed by atoms with Crippen molar-refractivity contribution in [3.63, 3.8) is 0 Å². The Kier molecular flexibility index (Phi) is 3.99. The number of nitrogen functional groups attached to an aromatic ring is 1. The smallest absolute Gasteiger partial charge is 0.254 e. The minimum atomic E-state index is -0.285. The predicted molar refractivity (Wildman–Crippen MR) is 78.5 cm³/mol. The lowest BCUT2D eigenvalue weighted by atomic mass is 9.90. The average Bonchev–Trinajstić information content (AvgIpc) is 2.37. The Bertz CT molecular complexity index is 500. The van der Waals surface area contributed by atoms with E-state index in [0.29, 0.717) is 37.3 Å². The SMILES string of the molecule is CC(C)(C)c1cc(C(=O)N2CCC(O)CC2)cc(N)n1. The van der Waals surface area contributed by atoms with Gasteiger partial charge in [0.05, 0.1) is 6.10 Å². The molecule has 0 radical (unpaired) electrons. The molecule has 1 fully saturated rings. The Balaban J connectivity index is 2.24. The molecule has 0 aliphatic carbocycles. The summed E-state index contributed by atoms with van der Waals surface area (Å²) in [6, 6.07) is 3.45. The van der Waals surface area contributed by atoms with Gasteiger partial charge in [-0.3, -0.25) is 4.79 Å². The number of anilines is 1. The maximum absolute atomic E-state index is 12.5. The molecule has 1 aliphatic heterocycles. The van der Waals surface area contributed by atoms with Crippen molar-refractivity contribution >= 4 is 11.7 Å². The number of rotatable bonds is 1. The highest BCUT2D eigenvalue weighted by molar-refractivity contribution is 5.95. The highest BCUT2D eigenvalue weighted by Gasteiger charge is 2.24. The Morgan fingerprint density at radius 3 is 2.50 bits per heavy atom. The van der Waals surface area contributed by atoms with Gasteiger partial charge in [0.2, 0.25) is 0 Å². The molecule has 3 N–H and O–H groups in total. The Morgan fingerprint density at radius 2 is 1.95 bits per heavy atom. The zero-order valence-electron chi connectivity index (χ0n) is 12.4. The number of aromatic nitrogens is 1. The number of amides is 1. The molecule has 110 valence electrons. The second-order valence-corrected chi connectivity index (χ2v) is 6.44. The zero-order chi connectivity index (χ0) is 14.9. The lowest BCUT2D eigenvalue weighted by Crippen LogP contribution is -2.40. The van der Waals surface area contributed by atoms with E-state index < -0.39 is 0 Å². The summed E-state index contributed by atoms with van der Waals surface area (Å²) in [7, 11) is 0. The number of aliphatic hydroxyl groups excluding tert-OH is 1. The summed E-state index contributed by atoms with van der Waals surface area (Å²) in [6.07, 6.45) is 0.989. The van der Waals surface area contributed by atoms with E-state index >= 15 is 0 Å². The van der Waals surface area contributed by atoms with Crippen LogP contribution in [0.15, 0.2) is 12.1 Å². The molecule has 1 aromatic heterocycles. The summed E-state index contributed by atoms with van der Waals surface area (Å²) < 4.78 is 0. The molecule has 1 aromatic rings. The van der Waals surface area contributed by atoms with Crippen LogP contribution in [0.4, 0.5) is 5.82 Å². The largest absolute Gasteiger partial charge is 0.393 e. The number of hydrogen-bond acceptors (Lipinski definition) is 4. The molecular formula is C15H23N3O2. The van der Waals surface area contributed by atoms with Crippen molar-refractivity contribution in [3.8, 4) is 0 Å². The van der Waals surface area contributed by atoms with Crippen LogP contribution in [0.2, 0.25) is 0 Å². The van der Waals surface area contributed by atoms with Crippen molar-refractivity contribution in [2.45, 2.75) is 45.1 Å². The molecule has 0 spiro atoms. The van der Waals surface area contributed by atoms with Crippen molar-refractivity contribution in [2.24, 2.45) is 0 Å². The number of piperidine rings is 1. The average molecular weight is 277 g/mol. The lowest BCUT2D eigenvalue weighted by molar-refractivity contribution is 0.0546. The number of nitrogens with two attached hydrogens (primary N) is 1. The monoisotopic (exact) mass is 277 g/mol. The van der Waals surface area contributed by atoms with Gasteiger partial charge < -0.3 is 15.7 Å². The molecule has 2 rings (SSSR count). The van der Waals surface area contributed by atoms with Crippen molar-refractivity contribution < 1.29 is 9.90 Å². The maximum atomic E-state index is 12.5. The molecule has 0 unspecified atom stereocenters. The predicted octanol–water partition coefficient (Wildman–Crippen LogP) is 1.56. The molecule has 1 amide bonds. The van der Waals surface area contributed by atoms with E-state index in [9.17, 15) is 9.90 Å². The van der Waals surface area contributed by atoms with Gasteiger partial charge in [-0.25, -0.2) is 4.98 Å². The minimum absolute atomic E-state index is 0.0310. The molecule has 5 nitrogen and oxygen atoms in total. The molecule has 2 heterocycles. The van der Waals surface area contributed by atoms with Crippen LogP contribution in [0, 0.1) is 0 Å². The second-order valence-electron chi connectivity index (χ2n) is 6.44. The summed E-state index contributed by atoms with van der Waals surface area (Å²) in [5, 5.41) is 9.51. The standard InChI is InChI=1S/C15H23N3O2/c1-15(2,3)12-8-10(9-13(16)17-12)14(20)18-6-4-11(19)5-7-18/h8-9,11,19H,4-7H2,1-3H3,(H2,16,17). The number of likely N-dealkylation sites (tertiary alicyclic amines) is 1. The normalized spacial score (nSPS) is 17.3. The number of carbonyl (C=O) groups is 1. The quantitative estimate of drug-likeness (QED) is 0.816. The fourth-order valence-electron chi connectivity index (χ4n) is 2.31. The first-order valence-corrected chi connectivity index (χ1v) is 7.03. The molecule has 0 bridgehead atoms. The molecular weight excluding hydrogens is 254 g/mol. The van der Waals surface area contributed by atoms with E-state index in [1.54, 1.807) is 11.0 Å². The van der Waals surface area contributed by atoms with Crippen molar-refractivity contribution in [1.82, 2.24) is 9.88 Å². The Labute approximate surface area is 119 Å². The van der Waals surface area contributed by atoms with Gasteiger partial charge in [-0.05, 0) is 25.0 Å². The van der Waals surface area contributed by atoms with Crippen LogP contribution in [-0.4, -0.2) is 40.1 Å². The number of aliphatic hydroxyl groups is 1. The third-order valence-electron chi connectivity index (χ3n) is 3.61. The number of nitrogens with zero attached hydrogens (tertiary/aromatic N) is 2. The molecule has 0 aromatic carbocycles. The maximum Gasteiger partial charge on any atom is 0.254 e. The molecule has 0 atom stereocenters. The minimum Gasteiger partial charge on any atom is -0.393 e. The summed E-state index contributed by atoms with van der Waals surface area (Å²) >= 11 is 0. The molecule has 5 heteroatoms. The highest BCUT2D eigenvalue weighted by atomic mass is 16.3. The molecule has 0 saturated carbocycles. The Morgan fingerprint density at radius 1 is 1.35 bits per heavy atom. The van der Waals surface area contributed by atoms with E-state index in [4.69, 9.17) is 5.73 Å². The summed E-state index contributed by atoms with van der Waals surface area (Å²) in [4.78, 5) is 18.6. The van der Waals surface area contributed by atoms with Crippen LogP contribution in [-0.2, 0) is 5.41 Å². The van der Waals surface area contributed by atoms with Crippen LogP contribution in [0.5, 0.6) is 0 Å². The van der Waals surface area contributed by atoms with Crippen molar-refractivity contribution in [2.75, 3.05) is 18.8 Å². The molecule has 1 saturated heterocycles. The van der Waals surface area contributed by atoms with Crippen LogP contribution in [0.25, 0.3) is 0 Å². The third kappa shape index (κ3) is 3.28. The van der Waals surface area contributed by atoms with Crippen molar-refractivity contribution in [3.05, 3.63) is 23.4 Å². The summed E-state index contributed by atoms with van der Waals surface area (Å²) in [5.41, 5.74) is 7.07. The number of pyridine rings is 1. The van der Waals surface area contributed by atoms with E-state index in [0.717, 1.165) is 5.69 Å². The van der Waals surface area contributed by atoms with Gasteiger partial charge in [-0.2, -0.15) is 0 Å². The molecule has 20 heavy (non-hydrogen) atoms. The summed E-state index contributed by atoms with van der Waals surface area (Å²) in [5.74, 6) is 0.342. The topological polar surface area (TPSA) is 79.5 Å². The first kappa shape index (κ1) is 14.8. The first-order chi connectivity index (χ1) is 9.27. The fourth-order valence-corrected chi connectivity index (χ4v) is 2.31. The van der Waals surface area contributed by atoms with Gasteiger partial charge in [0, 0.05) is 29.8 Å². The van der Waals surface area contributed by atoms with Gasteiger partial charge in [-0.1, -0.05) is 20.8 Å². The van der Waals surface area contributed by atoms with E-state index in [-0.39, 0.29) is 17.4 Å². The van der Waals surface area contributed by atoms with Gasteiger partial charge in [-0.15, -0.1) is 0 Å².